The maximum absolute atomic E-state index is 11.9. The van der Waals surface area contributed by atoms with Gasteiger partial charge in [-0.15, -0.1) is 0 Å². The average Bonchev–Trinajstić information content (AvgIpc) is 2.43. The van der Waals surface area contributed by atoms with Gasteiger partial charge in [-0.25, -0.2) is 0 Å². The molecule has 0 aromatic heterocycles. The van der Waals surface area contributed by atoms with Gasteiger partial charge in [-0.05, 0) is 31.0 Å². The van der Waals surface area contributed by atoms with Crippen molar-refractivity contribution < 1.29 is 14.3 Å². The van der Waals surface area contributed by atoms with E-state index in [4.69, 9.17) is 10.00 Å². The number of amides is 1. The topological polar surface area (TPSA) is 79.2 Å². The highest BCUT2D eigenvalue weighted by molar-refractivity contribution is 5.77. The second-order valence-electron chi connectivity index (χ2n) is 4.64. The zero-order valence-corrected chi connectivity index (χ0v) is 11.8. The van der Waals surface area contributed by atoms with Gasteiger partial charge in [0.05, 0.1) is 24.7 Å². The zero-order valence-electron chi connectivity index (χ0n) is 11.8. The molecule has 1 rings (SSSR count). The number of methoxy groups -OCH3 is 1. The third-order valence-electron chi connectivity index (χ3n) is 3.05. The minimum Gasteiger partial charge on any atom is -0.469 e. The van der Waals surface area contributed by atoms with Gasteiger partial charge in [0.15, 0.2) is 0 Å². The molecule has 0 aliphatic rings. The summed E-state index contributed by atoms with van der Waals surface area (Å²) >= 11 is 0. The Labute approximate surface area is 118 Å². The van der Waals surface area contributed by atoms with Gasteiger partial charge in [-0.3, -0.25) is 9.59 Å². The summed E-state index contributed by atoms with van der Waals surface area (Å²) in [7, 11) is 1.32. The van der Waals surface area contributed by atoms with Crippen LogP contribution in [-0.2, 0) is 20.7 Å². The van der Waals surface area contributed by atoms with Gasteiger partial charge in [0, 0.05) is 13.0 Å². The minimum absolute atomic E-state index is 0.197. The van der Waals surface area contributed by atoms with Crippen molar-refractivity contribution in [2.24, 2.45) is 5.92 Å². The Morgan fingerprint density at radius 3 is 2.70 bits per heavy atom. The molecule has 106 valence electrons. The molecule has 0 saturated carbocycles. The molecule has 2 unspecified atom stereocenters. The normalized spacial score (nSPS) is 12.9. The van der Waals surface area contributed by atoms with E-state index in [9.17, 15) is 9.59 Å². The number of nitriles is 1. The summed E-state index contributed by atoms with van der Waals surface area (Å²) in [4.78, 5) is 23.0. The molecule has 1 N–H and O–H groups in total. The van der Waals surface area contributed by atoms with Crippen LogP contribution in [0.15, 0.2) is 24.3 Å². The van der Waals surface area contributed by atoms with Gasteiger partial charge >= 0.3 is 5.97 Å². The first kappa shape index (κ1) is 15.7. The van der Waals surface area contributed by atoms with E-state index >= 15 is 0 Å². The summed E-state index contributed by atoms with van der Waals surface area (Å²) in [5, 5.41) is 11.6. The van der Waals surface area contributed by atoms with Crippen molar-refractivity contribution in [2.45, 2.75) is 26.3 Å². The van der Waals surface area contributed by atoms with E-state index in [1.807, 2.05) is 6.07 Å². The monoisotopic (exact) mass is 274 g/mol. The lowest BCUT2D eigenvalue weighted by molar-refractivity contribution is -0.146. The summed E-state index contributed by atoms with van der Waals surface area (Å²) < 4.78 is 4.79. The summed E-state index contributed by atoms with van der Waals surface area (Å²) in [5.74, 6) is -1.07. The van der Waals surface area contributed by atoms with E-state index in [-0.39, 0.29) is 17.9 Å². The lowest BCUT2D eigenvalue weighted by Crippen LogP contribution is -2.41. The van der Waals surface area contributed by atoms with Crippen LogP contribution in [0.25, 0.3) is 0 Å². The minimum atomic E-state index is -0.488. The lowest BCUT2D eigenvalue weighted by Gasteiger charge is -2.22. The molecule has 0 fully saturated rings. The van der Waals surface area contributed by atoms with E-state index in [1.54, 1.807) is 25.1 Å². The molecule has 0 heterocycles. The highest BCUT2D eigenvalue weighted by atomic mass is 16.5. The molecule has 0 aliphatic heterocycles. The quantitative estimate of drug-likeness (QED) is 0.823. The van der Waals surface area contributed by atoms with Crippen molar-refractivity contribution in [2.75, 3.05) is 7.11 Å². The van der Waals surface area contributed by atoms with Crippen LogP contribution in [0, 0.1) is 17.2 Å². The van der Waals surface area contributed by atoms with Crippen molar-refractivity contribution in [1.82, 2.24) is 5.32 Å². The number of carbonyl (C=O) groups is 2. The van der Waals surface area contributed by atoms with E-state index in [1.165, 1.54) is 14.0 Å². The second-order valence-corrected chi connectivity index (χ2v) is 4.64. The van der Waals surface area contributed by atoms with E-state index < -0.39 is 5.92 Å². The molecular weight excluding hydrogens is 256 g/mol. The summed E-state index contributed by atoms with van der Waals surface area (Å²) in [6.07, 6.45) is 0.406. The number of hydrogen-bond donors (Lipinski definition) is 1. The fraction of sp³-hybridized carbons (Fsp3) is 0.400. The first-order valence-electron chi connectivity index (χ1n) is 6.32. The fourth-order valence-corrected chi connectivity index (χ4v) is 2.06. The standard InChI is InChI=1S/C15H18N2O3/c1-10(17-11(2)18)14(15(19)20-3)8-12-5-4-6-13(7-12)9-16/h4-7,10,14H,8H2,1-3H3,(H,17,18). The van der Waals surface area contributed by atoms with Gasteiger partial charge in [-0.1, -0.05) is 12.1 Å². The molecular formula is C15H18N2O3. The van der Waals surface area contributed by atoms with Crippen LogP contribution in [0.5, 0.6) is 0 Å². The Balaban J connectivity index is 2.91. The van der Waals surface area contributed by atoms with Crippen LogP contribution in [0.1, 0.15) is 25.0 Å². The van der Waals surface area contributed by atoms with Gasteiger partial charge < -0.3 is 10.1 Å². The second kappa shape index (κ2) is 7.29. The van der Waals surface area contributed by atoms with E-state index in [0.29, 0.717) is 12.0 Å². The number of nitrogens with one attached hydrogen (secondary N) is 1. The number of nitrogens with zero attached hydrogens (tertiary/aromatic N) is 1. The smallest absolute Gasteiger partial charge is 0.311 e. The summed E-state index contributed by atoms with van der Waals surface area (Å²) in [6, 6.07) is 8.77. The Hall–Kier alpha value is -2.35. The molecule has 20 heavy (non-hydrogen) atoms. The van der Waals surface area contributed by atoms with E-state index in [0.717, 1.165) is 5.56 Å². The van der Waals surface area contributed by atoms with Crippen molar-refractivity contribution in [3.63, 3.8) is 0 Å². The van der Waals surface area contributed by atoms with Gasteiger partial charge in [0.2, 0.25) is 5.91 Å². The highest BCUT2D eigenvalue weighted by Crippen LogP contribution is 2.16. The molecule has 5 heteroatoms. The lowest BCUT2D eigenvalue weighted by atomic mass is 9.92. The third-order valence-corrected chi connectivity index (χ3v) is 3.05. The van der Waals surface area contributed by atoms with Crippen LogP contribution < -0.4 is 5.32 Å². The Morgan fingerprint density at radius 2 is 2.15 bits per heavy atom. The Bertz CT molecular complexity index is 534. The van der Waals surface area contributed by atoms with Gasteiger partial charge in [0.1, 0.15) is 0 Å². The molecule has 0 radical (unpaired) electrons. The molecule has 1 aromatic carbocycles. The molecule has 1 aromatic rings. The molecule has 5 nitrogen and oxygen atoms in total. The molecule has 1 amide bonds. The Morgan fingerprint density at radius 1 is 1.45 bits per heavy atom. The van der Waals surface area contributed by atoms with Crippen molar-refractivity contribution >= 4 is 11.9 Å². The summed E-state index contributed by atoms with van der Waals surface area (Å²) in [6.45, 7) is 3.16. The number of hydrogen-bond acceptors (Lipinski definition) is 4. The number of benzene rings is 1. The molecule has 0 aliphatic carbocycles. The largest absolute Gasteiger partial charge is 0.469 e. The third kappa shape index (κ3) is 4.39. The molecule has 0 saturated heterocycles. The average molecular weight is 274 g/mol. The number of rotatable bonds is 5. The number of ether oxygens (including phenoxy) is 1. The van der Waals surface area contributed by atoms with Crippen LogP contribution in [0.2, 0.25) is 0 Å². The van der Waals surface area contributed by atoms with Crippen LogP contribution in [0.4, 0.5) is 0 Å². The van der Waals surface area contributed by atoms with E-state index in [2.05, 4.69) is 11.4 Å². The maximum Gasteiger partial charge on any atom is 0.311 e. The Kier molecular flexibility index (Phi) is 5.73. The van der Waals surface area contributed by atoms with Crippen LogP contribution >= 0.6 is 0 Å². The molecule has 2 atom stereocenters. The molecule has 0 bridgehead atoms. The molecule has 0 spiro atoms. The number of esters is 1. The predicted molar refractivity (Wildman–Crippen MR) is 73.6 cm³/mol. The van der Waals surface area contributed by atoms with Crippen molar-refractivity contribution in [1.29, 1.82) is 5.26 Å². The van der Waals surface area contributed by atoms with Crippen molar-refractivity contribution in [3.8, 4) is 6.07 Å². The summed E-state index contributed by atoms with van der Waals surface area (Å²) in [5.41, 5.74) is 1.40. The van der Waals surface area contributed by atoms with Crippen molar-refractivity contribution in [3.05, 3.63) is 35.4 Å². The first-order chi connectivity index (χ1) is 9.47. The predicted octanol–water partition coefficient (Wildman–Crippen LogP) is 1.41. The van der Waals surface area contributed by atoms with Crippen LogP contribution in [0.3, 0.4) is 0 Å². The SMILES string of the molecule is COC(=O)C(Cc1cccc(C#N)c1)C(C)NC(C)=O. The fourth-order valence-electron chi connectivity index (χ4n) is 2.06. The zero-order chi connectivity index (χ0) is 15.1. The highest BCUT2D eigenvalue weighted by Gasteiger charge is 2.26. The maximum atomic E-state index is 11.9. The first-order valence-corrected chi connectivity index (χ1v) is 6.32. The van der Waals surface area contributed by atoms with Gasteiger partial charge in [-0.2, -0.15) is 5.26 Å². The van der Waals surface area contributed by atoms with Crippen LogP contribution in [-0.4, -0.2) is 25.0 Å². The van der Waals surface area contributed by atoms with Gasteiger partial charge in [0.25, 0.3) is 0 Å². The number of carbonyl (C=O) groups excluding carboxylic acids is 2.